The van der Waals surface area contributed by atoms with E-state index in [4.69, 9.17) is 23.2 Å². The van der Waals surface area contributed by atoms with Gasteiger partial charge in [0.2, 0.25) is 21.8 Å². The maximum atomic E-state index is 12.7. The van der Waals surface area contributed by atoms with Crippen LogP contribution in [-0.4, -0.2) is 36.6 Å². The van der Waals surface area contributed by atoms with E-state index in [1.54, 1.807) is 0 Å². The number of piperazine rings is 1. The fourth-order valence-corrected chi connectivity index (χ4v) is 4.39. The SMILES string of the molecule is CC1(C)C(=O)NC(=O)CN1S(=O)(=O)c1cccc(Cl)c1Cl. The first-order valence-corrected chi connectivity index (χ1v) is 8.09. The number of rotatable bonds is 2. The van der Waals surface area contributed by atoms with E-state index in [0.717, 1.165) is 4.31 Å². The summed E-state index contributed by atoms with van der Waals surface area (Å²) < 4.78 is 26.3. The van der Waals surface area contributed by atoms with Crippen LogP contribution in [0.25, 0.3) is 0 Å². The molecule has 0 radical (unpaired) electrons. The molecule has 9 heteroatoms. The van der Waals surface area contributed by atoms with Crippen molar-refractivity contribution in [2.75, 3.05) is 6.54 Å². The molecule has 2 amide bonds. The van der Waals surface area contributed by atoms with Gasteiger partial charge in [0.15, 0.2) is 0 Å². The van der Waals surface area contributed by atoms with E-state index in [9.17, 15) is 18.0 Å². The third-order valence-corrected chi connectivity index (χ3v) is 6.20. The Hall–Kier alpha value is -1.15. The second kappa shape index (κ2) is 5.24. The molecular weight excluding hydrogens is 339 g/mol. The minimum atomic E-state index is -4.15. The van der Waals surface area contributed by atoms with Crippen LogP contribution in [0, 0.1) is 0 Å². The molecule has 0 atom stereocenters. The summed E-state index contributed by atoms with van der Waals surface area (Å²) in [7, 11) is -4.15. The third-order valence-electron chi connectivity index (χ3n) is 3.20. The average molecular weight is 351 g/mol. The van der Waals surface area contributed by atoms with E-state index in [-0.39, 0.29) is 14.9 Å². The Kier molecular flexibility index (Phi) is 4.05. The lowest BCUT2D eigenvalue weighted by Gasteiger charge is -2.38. The van der Waals surface area contributed by atoms with Crippen molar-refractivity contribution in [2.45, 2.75) is 24.3 Å². The molecule has 2 rings (SSSR count). The Labute approximate surface area is 132 Å². The van der Waals surface area contributed by atoms with Gasteiger partial charge in [0.25, 0.3) is 0 Å². The first-order chi connectivity index (χ1) is 9.58. The second-order valence-corrected chi connectivity index (χ2v) is 7.62. The highest BCUT2D eigenvalue weighted by Gasteiger charge is 2.48. The number of sulfonamides is 1. The number of benzene rings is 1. The van der Waals surface area contributed by atoms with Gasteiger partial charge < -0.3 is 0 Å². The largest absolute Gasteiger partial charge is 0.294 e. The monoisotopic (exact) mass is 350 g/mol. The number of hydrogen-bond acceptors (Lipinski definition) is 4. The molecule has 1 fully saturated rings. The Morgan fingerprint density at radius 2 is 1.86 bits per heavy atom. The molecule has 114 valence electrons. The maximum absolute atomic E-state index is 12.7. The lowest BCUT2D eigenvalue weighted by molar-refractivity contribution is -0.141. The molecule has 1 heterocycles. The zero-order valence-electron chi connectivity index (χ0n) is 11.2. The molecule has 1 aliphatic rings. The summed E-state index contributed by atoms with van der Waals surface area (Å²) in [5, 5.41) is 2.03. The summed E-state index contributed by atoms with van der Waals surface area (Å²) in [5.41, 5.74) is -1.42. The van der Waals surface area contributed by atoms with Gasteiger partial charge >= 0.3 is 0 Å². The molecule has 0 unspecified atom stereocenters. The highest BCUT2D eigenvalue weighted by molar-refractivity contribution is 7.89. The van der Waals surface area contributed by atoms with Crippen molar-refractivity contribution in [1.29, 1.82) is 0 Å². The molecule has 6 nitrogen and oxygen atoms in total. The second-order valence-electron chi connectivity index (χ2n) is 5.00. The molecule has 0 bridgehead atoms. The average Bonchev–Trinajstić information content (AvgIpc) is 2.37. The molecule has 0 spiro atoms. The fraction of sp³-hybridized carbons (Fsp3) is 0.333. The van der Waals surface area contributed by atoms with Crippen LogP contribution in [-0.2, 0) is 19.6 Å². The van der Waals surface area contributed by atoms with E-state index in [1.807, 2.05) is 0 Å². The molecule has 0 saturated carbocycles. The highest BCUT2D eigenvalue weighted by Crippen LogP contribution is 2.34. The summed E-state index contributed by atoms with van der Waals surface area (Å²) in [6.07, 6.45) is 0. The van der Waals surface area contributed by atoms with Crippen LogP contribution in [0.3, 0.4) is 0 Å². The number of imide groups is 1. The Morgan fingerprint density at radius 1 is 1.24 bits per heavy atom. The molecule has 1 N–H and O–H groups in total. The van der Waals surface area contributed by atoms with Gasteiger partial charge in [0, 0.05) is 0 Å². The van der Waals surface area contributed by atoms with Crippen LogP contribution in [0.4, 0.5) is 0 Å². The van der Waals surface area contributed by atoms with Gasteiger partial charge in [-0.2, -0.15) is 4.31 Å². The van der Waals surface area contributed by atoms with Gasteiger partial charge in [-0.25, -0.2) is 8.42 Å². The molecule has 0 aromatic heterocycles. The zero-order valence-corrected chi connectivity index (χ0v) is 13.5. The minimum absolute atomic E-state index is 0.0725. The third kappa shape index (κ3) is 2.66. The molecule has 1 aromatic rings. The predicted octanol–water partition coefficient (Wildman–Crippen LogP) is 1.42. The molecule has 0 aliphatic carbocycles. The van der Waals surface area contributed by atoms with Crippen LogP contribution in [0.2, 0.25) is 10.0 Å². The molecule has 1 aliphatic heterocycles. The summed E-state index contributed by atoms with van der Waals surface area (Å²) in [5.74, 6) is -1.39. The van der Waals surface area contributed by atoms with Crippen LogP contribution >= 0.6 is 23.2 Å². The lowest BCUT2D eigenvalue weighted by atomic mass is 10.0. The van der Waals surface area contributed by atoms with E-state index in [2.05, 4.69) is 5.32 Å². The number of nitrogens with one attached hydrogen (secondary N) is 1. The molecule has 1 saturated heterocycles. The van der Waals surface area contributed by atoms with Crippen molar-refractivity contribution >= 4 is 45.0 Å². The molecular formula is C12H12Cl2N2O4S. The summed E-state index contributed by atoms with van der Waals surface area (Å²) >= 11 is 11.8. The van der Waals surface area contributed by atoms with Crippen molar-refractivity contribution < 1.29 is 18.0 Å². The summed E-state index contributed by atoms with van der Waals surface area (Å²) in [6.45, 7) is 2.35. The van der Waals surface area contributed by atoms with E-state index < -0.39 is 33.9 Å². The van der Waals surface area contributed by atoms with Gasteiger partial charge in [-0.1, -0.05) is 29.3 Å². The van der Waals surface area contributed by atoms with Crippen LogP contribution < -0.4 is 5.32 Å². The number of carbonyl (C=O) groups is 2. The zero-order chi connectivity index (χ0) is 16.0. The topological polar surface area (TPSA) is 83.6 Å². The normalized spacial score (nSPS) is 19.4. The number of carbonyl (C=O) groups excluding carboxylic acids is 2. The first kappa shape index (κ1) is 16.2. The van der Waals surface area contributed by atoms with Crippen molar-refractivity contribution in [3.8, 4) is 0 Å². The van der Waals surface area contributed by atoms with Crippen molar-refractivity contribution in [3.63, 3.8) is 0 Å². The van der Waals surface area contributed by atoms with E-state index >= 15 is 0 Å². The van der Waals surface area contributed by atoms with Crippen LogP contribution in [0.15, 0.2) is 23.1 Å². The minimum Gasteiger partial charge on any atom is -0.294 e. The smallest absolute Gasteiger partial charge is 0.247 e. The van der Waals surface area contributed by atoms with Crippen LogP contribution in [0.5, 0.6) is 0 Å². The van der Waals surface area contributed by atoms with Gasteiger partial charge in [-0.15, -0.1) is 0 Å². The lowest BCUT2D eigenvalue weighted by Crippen LogP contribution is -2.65. The Bertz CT molecular complexity index is 731. The highest BCUT2D eigenvalue weighted by atomic mass is 35.5. The number of nitrogens with zero attached hydrogens (tertiary/aromatic N) is 1. The number of halogens is 2. The quantitative estimate of drug-likeness (QED) is 0.817. The number of hydrogen-bond donors (Lipinski definition) is 1. The standard InChI is InChI=1S/C12H12Cl2N2O4S/c1-12(2)11(18)15-9(17)6-16(12)21(19,20)8-5-3-4-7(13)10(8)14/h3-5H,6H2,1-2H3,(H,15,17,18). The first-order valence-electron chi connectivity index (χ1n) is 5.89. The van der Waals surface area contributed by atoms with E-state index in [1.165, 1.54) is 32.0 Å². The van der Waals surface area contributed by atoms with Gasteiger partial charge in [-0.05, 0) is 26.0 Å². The maximum Gasteiger partial charge on any atom is 0.247 e. The predicted molar refractivity (Wildman–Crippen MR) is 77.6 cm³/mol. The van der Waals surface area contributed by atoms with E-state index in [0.29, 0.717) is 0 Å². The van der Waals surface area contributed by atoms with Gasteiger partial charge in [0.05, 0.1) is 16.6 Å². The molecule has 21 heavy (non-hydrogen) atoms. The summed E-state index contributed by atoms with van der Waals surface area (Å²) in [4.78, 5) is 23.1. The van der Waals surface area contributed by atoms with Crippen molar-refractivity contribution in [1.82, 2.24) is 9.62 Å². The van der Waals surface area contributed by atoms with Gasteiger partial charge in [0.1, 0.15) is 10.4 Å². The Balaban J connectivity index is 2.60. The van der Waals surface area contributed by atoms with Crippen LogP contribution in [0.1, 0.15) is 13.8 Å². The van der Waals surface area contributed by atoms with Gasteiger partial charge in [-0.3, -0.25) is 14.9 Å². The number of amides is 2. The fourth-order valence-electron chi connectivity index (χ4n) is 1.95. The van der Waals surface area contributed by atoms with Crippen molar-refractivity contribution in [3.05, 3.63) is 28.2 Å². The Morgan fingerprint density at radius 3 is 2.48 bits per heavy atom. The molecule has 1 aromatic carbocycles. The summed E-state index contributed by atoms with van der Waals surface area (Å²) in [6, 6.07) is 4.15. The van der Waals surface area contributed by atoms with Crippen molar-refractivity contribution in [2.24, 2.45) is 0 Å².